The molecule has 6 nitrogen and oxygen atoms in total. The van der Waals surface area contributed by atoms with Gasteiger partial charge in [0.1, 0.15) is 22.4 Å². The Morgan fingerprint density at radius 3 is 2.74 bits per heavy atom. The van der Waals surface area contributed by atoms with E-state index in [4.69, 9.17) is 10.5 Å². The number of para-hydroxylation sites is 1. The maximum atomic E-state index is 12.6. The van der Waals surface area contributed by atoms with Crippen LogP contribution in [-0.4, -0.2) is 18.9 Å². The summed E-state index contributed by atoms with van der Waals surface area (Å²) >= 11 is 1.37. The number of ether oxygens (including phenoxy) is 1. The zero-order valence-corrected chi connectivity index (χ0v) is 15.7. The van der Waals surface area contributed by atoms with E-state index >= 15 is 0 Å². The van der Waals surface area contributed by atoms with Crippen molar-refractivity contribution >= 4 is 34.2 Å². The number of anilines is 1. The molecule has 1 aliphatic carbocycles. The van der Waals surface area contributed by atoms with Crippen LogP contribution >= 0.6 is 11.3 Å². The molecule has 2 amide bonds. The number of carbonyl (C=O) groups excluding carboxylic acids is 2. The number of nitrogens with two attached hydrogens (primary N) is 1. The molecule has 0 aliphatic heterocycles. The van der Waals surface area contributed by atoms with Crippen LogP contribution in [0.2, 0.25) is 0 Å². The first-order chi connectivity index (χ1) is 13.0. The van der Waals surface area contributed by atoms with Crippen molar-refractivity contribution in [3.8, 4) is 11.8 Å². The van der Waals surface area contributed by atoms with Crippen LogP contribution in [0, 0.1) is 11.3 Å². The maximum Gasteiger partial charge on any atom is 0.266 e. The van der Waals surface area contributed by atoms with Crippen molar-refractivity contribution < 1.29 is 14.3 Å². The van der Waals surface area contributed by atoms with E-state index in [1.54, 1.807) is 24.3 Å². The van der Waals surface area contributed by atoms with Gasteiger partial charge < -0.3 is 15.8 Å². The van der Waals surface area contributed by atoms with Gasteiger partial charge in [0.2, 0.25) is 0 Å². The largest absolute Gasteiger partial charge is 0.496 e. The number of hydrogen-bond acceptors (Lipinski definition) is 5. The van der Waals surface area contributed by atoms with Crippen molar-refractivity contribution in [2.45, 2.75) is 25.7 Å². The van der Waals surface area contributed by atoms with Crippen LogP contribution in [0.15, 0.2) is 29.8 Å². The highest BCUT2D eigenvalue weighted by Crippen LogP contribution is 2.38. The van der Waals surface area contributed by atoms with E-state index in [0.29, 0.717) is 21.9 Å². The molecular weight excluding hydrogens is 362 g/mol. The lowest BCUT2D eigenvalue weighted by Gasteiger charge is -2.11. The number of aryl methyl sites for hydroxylation is 1. The van der Waals surface area contributed by atoms with E-state index in [-0.39, 0.29) is 5.57 Å². The summed E-state index contributed by atoms with van der Waals surface area (Å²) in [5, 5.41) is 12.6. The van der Waals surface area contributed by atoms with Crippen LogP contribution in [0.5, 0.6) is 5.75 Å². The molecule has 7 heteroatoms. The standard InChI is InChI=1S/C20H19N3O3S/c1-26-15-8-4-2-6-12(15)10-13(11-21)19(25)23-20-17(18(22)24)14-7-3-5-9-16(14)27-20/h2,4,6,8,10H,3,5,7,9H2,1H3,(H2,22,24)(H,23,25)/b13-10+. The van der Waals surface area contributed by atoms with Crippen molar-refractivity contribution in [2.24, 2.45) is 5.73 Å². The van der Waals surface area contributed by atoms with Gasteiger partial charge in [0, 0.05) is 10.4 Å². The van der Waals surface area contributed by atoms with Gasteiger partial charge >= 0.3 is 0 Å². The van der Waals surface area contributed by atoms with E-state index in [1.165, 1.54) is 24.5 Å². The molecule has 2 aromatic rings. The first-order valence-corrected chi connectivity index (χ1v) is 9.37. The molecule has 3 rings (SSSR count). The highest BCUT2D eigenvalue weighted by molar-refractivity contribution is 7.17. The summed E-state index contributed by atoms with van der Waals surface area (Å²) in [5.41, 5.74) is 7.39. The Hall–Kier alpha value is -3.11. The zero-order chi connectivity index (χ0) is 19.4. The normalized spacial score (nSPS) is 13.4. The summed E-state index contributed by atoms with van der Waals surface area (Å²) in [6.07, 6.45) is 5.16. The zero-order valence-electron chi connectivity index (χ0n) is 14.9. The van der Waals surface area contributed by atoms with Crippen molar-refractivity contribution in [1.82, 2.24) is 0 Å². The molecule has 0 unspecified atom stereocenters. The van der Waals surface area contributed by atoms with E-state index in [2.05, 4.69) is 5.32 Å². The lowest BCUT2D eigenvalue weighted by Crippen LogP contribution is -2.19. The van der Waals surface area contributed by atoms with Gasteiger partial charge in [-0.1, -0.05) is 18.2 Å². The van der Waals surface area contributed by atoms with Crippen molar-refractivity contribution in [1.29, 1.82) is 5.26 Å². The molecule has 0 atom stereocenters. The van der Waals surface area contributed by atoms with Gasteiger partial charge in [-0.25, -0.2) is 0 Å². The molecule has 0 saturated carbocycles. The lowest BCUT2D eigenvalue weighted by atomic mass is 9.95. The van der Waals surface area contributed by atoms with Crippen molar-refractivity contribution in [2.75, 3.05) is 12.4 Å². The molecule has 1 aromatic carbocycles. The number of benzene rings is 1. The molecule has 138 valence electrons. The third-order valence-electron chi connectivity index (χ3n) is 4.45. The minimum Gasteiger partial charge on any atom is -0.496 e. The SMILES string of the molecule is COc1ccccc1/C=C(\C#N)C(=O)Nc1sc2c(c1C(N)=O)CCCC2. The predicted molar refractivity (Wildman–Crippen MR) is 105 cm³/mol. The van der Waals surface area contributed by atoms with Crippen LogP contribution in [0.1, 0.15) is 39.2 Å². The summed E-state index contributed by atoms with van der Waals surface area (Å²) in [4.78, 5) is 25.7. The highest BCUT2D eigenvalue weighted by atomic mass is 32.1. The van der Waals surface area contributed by atoms with Gasteiger partial charge in [0.05, 0.1) is 12.7 Å². The minimum absolute atomic E-state index is 0.0821. The maximum absolute atomic E-state index is 12.6. The Labute approximate surface area is 161 Å². The number of rotatable bonds is 5. The van der Waals surface area contributed by atoms with Gasteiger partial charge in [-0.2, -0.15) is 5.26 Å². The molecule has 0 fully saturated rings. The second-order valence-corrected chi connectivity index (χ2v) is 7.25. The molecule has 1 aromatic heterocycles. The van der Waals surface area contributed by atoms with Crippen LogP contribution in [0.4, 0.5) is 5.00 Å². The molecule has 0 saturated heterocycles. The van der Waals surface area contributed by atoms with Crippen molar-refractivity contribution in [3.05, 3.63) is 51.4 Å². The third-order valence-corrected chi connectivity index (χ3v) is 5.66. The Balaban J connectivity index is 1.92. The van der Waals surface area contributed by atoms with Gasteiger partial charge in [-0.05, 0) is 43.4 Å². The number of hydrogen-bond donors (Lipinski definition) is 2. The number of primary amides is 1. The van der Waals surface area contributed by atoms with Crippen LogP contribution in [-0.2, 0) is 17.6 Å². The van der Waals surface area contributed by atoms with Gasteiger partial charge in [-0.15, -0.1) is 11.3 Å². The van der Waals surface area contributed by atoms with E-state index in [1.807, 2.05) is 6.07 Å². The molecule has 1 heterocycles. The quantitative estimate of drug-likeness (QED) is 0.612. The average Bonchev–Trinajstić information content (AvgIpc) is 3.04. The molecule has 0 bridgehead atoms. The Kier molecular flexibility index (Phi) is 5.57. The fraction of sp³-hybridized carbons (Fsp3) is 0.250. The number of nitrogens with zero attached hydrogens (tertiary/aromatic N) is 1. The molecule has 3 N–H and O–H groups in total. The number of thiophene rings is 1. The fourth-order valence-corrected chi connectivity index (χ4v) is 4.46. The third kappa shape index (κ3) is 3.86. The summed E-state index contributed by atoms with van der Waals surface area (Å²) in [7, 11) is 1.52. The average molecular weight is 381 g/mol. The number of nitriles is 1. The fourth-order valence-electron chi connectivity index (χ4n) is 3.17. The first-order valence-electron chi connectivity index (χ1n) is 8.55. The number of fused-ring (bicyclic) bond motifs is 1. The number of amides is 2. The van der Waals surface area contributed by atoms with Gasteiger partial charge in [0.15, 0.2) is 0 Å². The van der Waals surface area contributed by atoms with Crippen molar-refractivity contribution in [3.63, 3.8) is 0 Å². The Morgan fingerprint density at radius 2 is 2.04 bits per heavy atom. The van der Waals surface area contributed by atoms with E-state index in [0.717, 1.165) is 36.1 Å². The predicted octanol–water partition coefficient (Wildman–Crippen LogP) is 3.28. The number of nitrogens with one attached hydrogen (secondary N) is 1. The van der Waals surface area contributed by atoms with E-state index in [9.17, 15) is 14.9 Å². The summed E-state index contributed by atoms with van der Waals surface area (Å²) in [6.45, 7) is 0. The Bertz CT molecular complexity index is 969. The van der Waals surface area contributed by atoms with Gasteiger partial charge in [0.25, 0.3) is 11.8 Å². The Morgan fingerprint density at radius 1 is 1.30 bits per heavy atom. The summed E-state index contributed by atoms with van der Waals surface area (Å²) in [6, 6.07) is 9.01. The first kappa shape index (κ1) is 18.7. The highest BCUT2D eigenvalue weighted by Gasteiger charge is 2.25. The second-order valence-electron chi connectivity index (χ2n) is 6.15. The van der Waals surface area contributed by atoms with Crippen LogP contribution in [0.25, 0.3) is 6.08 Å². The molecule has 0 spiro atoms. The topological polar surface area (TPSA) is 105 Å². The number of methoxy groups -OCH3 is 1. The lowest BCUT2D eigenvalue weighted by molar-refractivity contribution is -0.112. The van der Waals surface area contributed by atoms with Crippen LogP contribution < -0.4 is 15.8 Å². The monoisotopic (exact) mass is 381 g/mol. The molecular formula is C20H19N3O3S. The summed E-state index contributed by atoms with van der Waals surface area (Å²) < 4.78 is 5.25. The minimum atomic E-state index is -0.579. The molecule has 1 aliphatic rings. The number of carbonyl (C=O) groups is 2. The molecule has 0 radical (unpaired) electrons. The van der Waals surface area contributed by atoms with Gasteiger partial charge in [-0.3, -0.25) is 9.59 Å². The smallest absolute Gasteiger partial charge is 0.266 e. The summed E-state index contributed by atoms with van der Waals surface area (Å²) in [5.74, 6) is -0.580. The molecule has 27 heavy (non-hydrogen) atoms. The second kappa shape index (κ2) is 8.06. The van der Waals surface area contributed by atoms with E-state index < -0.39 is 11.8 Å². The van der Waals surface area contributed by atoms with Crippen LogP contribution in [0.3, 0.4) is 0 Å².